The summed E-state index contributed by atoms with van der Waals surface area (Å²) in [5.74, 6) is 1.06. The Kier molecular flexibility index (Phi) is 8.33. The summed E-state index contributed by atoms with van der Waals surface area (Å²) in [4.78, 5) is 12.4. The van der Waals surface area contributed by atoms with Gasteiger partial charge in [-0.05, 0) is 47.9 Å². The van der Waals surface area contributed by atoms with Crippen molar-refractivity contribution in [3.8, 4) is 28.4 Å². The van der Waals surface area contributed by atoms with Crippen molar-refractivity contribution in [3.63, 3.8) is 0 Å². The number of aromatic hydroxyl groups is 1. The third kappa shape index (κ3) is 6.51. The van der Waals surface area contributed by atoms with Gasteiger partial charge >= 0.3 is 0 Å². The normalized spacial score (nSPS) is 10.8. The molecule has 0 aliphatic carbocycles. The fraction of sp³-hybridized carbons (Fsp3) is 0.133. The van der Waals surface area contributed by atoms with E-state index in [4.69, 9.17) is 9.47 Å². The van der Waals surface area contributed by atoms with Gasteiger partial charge in [0.2, 0.25) is 0 Å². The number of phenolic OH excluding ortho intramolecular Hbond substituents is 1. The minimum atomic E-state index is -0.351. The van der Waals surface area contributed by atoms with Gasteiger partial charge in [-0.1, -0.05) is 67.6 Å². The molecule has 6 nitrogen and oxygen atoms in total. The number of nitrogens with one attached hydrogen (secondary N) is 1. The Morgan fingerprint density at radius 2 is 1.67 bits per heavy atom. The number of rotatable bonds is 10. The van der Waals surface area contributed by atoms with Gasteiger partial charge in [-0.15, -0.1) is 0 Å². The second-order valence-corrected chi connectivity index (χ2v) is 8.12. The Hall–Kier alpha value is -4.58. The highest BCUT2D eigenvalue weighted by Gasteiger charge is 2.08. The average molecular weight is 481 g/mol. The lowest BCUT2D eigenvalue weighted by Gasteiger charge is -2.12. The first kappa shape index (κ1) is 24.5. The SMILES string of the molecule is CCCOc1ccc(/C=N/NC(=O)c2ccc(COc3ccccc3-c3ccccc3)cc2)c(O)c1. The molecule has 4 rings (SSSR count). The van der Waals surface area contributed by atoms with E-state index in [0.29, 0.717) is 30.1 Å². The molecule has 0 aliphatic rings. The average Bonchev–Trinajstić information content (AvgIpc) is 2.92. The highest BCUT2D eigenvalue weighted by atomic mass is 16.5. The van der Waals surface area contributed by atoms with E-state index < -0.39 is 0 Å². The lowest BCUT2D eigenvalue weighted by molar-refractivity contribution is 0.0955. The van der Waals surface area contributed by atoms with E-state index in [1.807, 2.05) is 61.5 Å². The molecule has 4 aromatic carbocycles. The number of phenols is 1. The zero-order valence-corrected chi connectivity index (χ0v) is 20.1. The Labute approximate surface area is 210 Å². The first-order valence-corrected chi connectivity index (χ1v) is 11.8. The molecule has 0 aliphatic heterocycles. The van der Waals surface area contributed by atoms with Crippen LogP contribution in [0.1, 0.15) is 34.8 Å². The minimum absolute atomic E-state index is 0.0276. The molecule has 2 N–H and O–H groups in total. The maximum absolute atomic E-state index is 12.4. The molecule has 0 saturated carbocycles. The molecule has 0 aromatic heterocycles. The fourth-order valence-corrected chi connectivity index (χ4v) is 3.53. The van der Waals surface area contributed by atoms with Crippen LogP contribution in [0.15, 0.2) is 102 Å². The summed E-state index contributed by atoms with van der Waals surface area (Å²) in [6.45, 7) is 2.97. The van der Waals surface area contributed by atoms with Crippen LogP contribution in [0.3, 0.4) is 0 Å². The lowest BCUT2D eigenvalue weighted by atomic mass is 10.0. The summed E-state index contributed by atoms with van der Waals surface area (Å²) in [5.41, 5.74) is 6.48. The Bertz CT molecular complexity index is 1320. The standard InChI is InChI=1S/C30H28N2O4/c1-2-18-35-26-17-16-25(28(33)19-26)20-31-32-30(34)24-14-12-22(13-15-24)21-36-29-11-7-6-10-27(29)23-8-4-3-5-9-23/h3-17,19-20,33H,2,18,21H2,1H3,(H,32,34)/b31-20+. The van der Waals surface area contributed by atoms with Crippen LogP contribution in [0, 0.1) is 0 Å². The molecule has 36 heavy (non-hydrogen) atoms. The lowest BCUT2D eigenvalue weighted by Crippen LogP contribution is -2.17. The minimum Gasteiger partial charge on any atom is -0.507 e. The summed E-state index contributed by atoms with van der Waals surface area (Å²) in [7, 11) is 0. The predicted molar refractivity (Wildman–Crippen MR) is 142 cm³/mol. The molecule has 0 bridgehead atoms. The van der Waals surface area contributed by atoms with Crippen LogP contribution in [-0.2, 0) is 6.61 Å². The largest absolute Gasteiger partial charge is 0.507 e. The van der Waals surface area contributed by atoms with Gasteiger partial charge < -0.3 is 14.6 Å². The molecular formula is C30H28N2O4. The first-order valence-electron chi connectivity index (χ1n) is 11.8. The van der Waals surface area contributed by atoms with Crippen molar-refractivity contribution in [2.24, 2.45) is 5.10 Å². The number of para-hydroxylation sites is 1. The van der Waals surface area contributed by atoms with Crippen molar-refractivity contribution in [3.05, 3.63) is 114 Å². The molecular weight excluding hydrogens is 452 g/mol. The van der Waals surface area contributed by atoms with Gasteiger partial charge in [0.15, 0.2) is 0 Å². The molecule has 0 atom stereocenters. The third-order valence-electron chi connectivity index (χ3n) is 5.43. The number of ether oxygens (including phenoxy) is 2. The Balaban J connectivity index is 1.33. The van der Waals surface area contributed by atoms with Gasteiger partial charge in [0.1, 0.15) is 23.9 Å². The molecule has 0 heterocycles. The number of nitrogens with zero attached hydrogens (tertiary/aromatic N) is 1. The maximum Gasteiger partial charge on any atom is 0.271 e. The first-order chi connectivity index (χ1) is 17.6. The van der Waals surface area contributed by atoms with Gasteiger partial charge in [0, 0.05) is 22.8 Å². The van der Waals surface area contributed by atoms with Gasteiger partial charge in [0.25, 0.3) is 5.91 Å². The number of amides is 1. The second kappa shape index (κ2) is 12.2. The Morgan fingerprint density at radius 3 is 2.42 bits per heavy atom. The van der Waals surface area contributed by atoms with Crippen LogP contribution < -0.4 is 14.9 Å². The molecule has 182 valence electrons. The Morgan fingerprint density at radius 1 is 0.917 bits per heavy atom. The van der Waals surface area contributed by atoms with E-state index in [-0.39, 0.29) is 11.7 Å². The summed E-state index contributed by atoms with van der Waals surface area (Å²) in [6, 6.07) is 30.1. The number of hydrazone groups is 1. The monoisotopic (exact) mass is 480 g/mol. The number of benzene rings is 4. The molecule has 1 amide bonds. The van der Waals surface area contributed by atoms with E-state index in [0.717, 1.165) is 28.9 Å². The summed E-state index contributed by atoms with van der Waals surface area (Å²) in [6.07, 6.45) is 2.27. The molecule has 0 unspecified atom stereocenters. The number of carbonyl (C=O) groups excluding carboxylic acids is 1. The van der Waals surface area contributed by atoms with Crippen molar-refractivity contribution < 1.29 is 19.4 Å². The van der Waals surface area contributed by atoms with Crippen molar-refractivity contribution in [1.29, 1.82) is 0 Å². The van der Waals surface area contributed by atoms with Crippen molar-refractivity contribution in [1.82, 2.24) is 5.43 Å². The van der Waals surface area contributed by atoms with E-state index >= 15 is 0 Å². The molecule has 0 saturated heterocycles. The van der Waals surface area contributed by atoms with Gasteiger partial charge in [-0.3, -0.25) is 4.79 Å². The van der Waals surface area contributed by atoms with E-state index in [1.165, 1.54) is 12.3 Å². The van der Waals surface area contributed by atoms with Crippen LogP contribution in [0.5, 0.6) is 17.2 Å². The van der Waals surface area contributed by atoms with E-state index in [9.17, 15) is 9.90 Å². The third-order valence-corrected chi connectivity index (χ3v) is 5.43. The smallest absolute Gasteiger partial charge is 0.271 e. The fourth-order valence-electron chi connectivity index (χ4n) is 3.53. The molecule has 6 heteroatoms. The highest BCUT2D eigenvalue weighted by molar-refractivity contribution is 5.95. The maximum atomic E-state index is 12.4. The summed E-state index contributed by atoms with van der Waals surface area (Å²) in [5, 5.41) is 14.1. The number of hydrogen-bond acceptors (Lipinski definition) is 5. The van der Waals surface area contributed by atoms with E-state index in [2.05, 4.69) is 22.7 Å². The van der Waals surface area contributed by atoms with E-state index in [1.54, 1.807) is 24.3 Å². The van der Waals surface area contributed by atoms with Crippen LogP contribution in [-0.4, -0.2) is 23.8 Å². The van der Waals surface area contributed by atoms with Crippen molar-refractivity contribution in [2.45, 2.75) is 20.0 Å². The van der Waals surface area contributed by atoms with Crippen LogP contribution in [0.4, 0.5) is 0 Å². The molecule has 4 aromatic rings. The van der Waals surface area contributed by atoms with Crippen LogP contribution in [0.2, 0.25) is 0 Å². The van der Waals surface area contributed by atoms with Gasteiger partial charge in [-0.25, -0.2) is 5.43 Å². The molecule has 0 spiro atoms. The second-order valence-electron chi connectivity index (χ2n) is 8.12. The summed E-state index contributed by atoms with van der Waals surface area (Å²) >= 11 is 0. The quantitative estimate of drug-likeness (QED) is 0.209. The highest BCUT2D eigenvalue weighted by Crippen LogP contribution is 2.30. The predicted octanol–water partition coefficient (Wildman–Crippen LogP) is 6.19. The van der Waals surface area contributed by atoms with Gasteiger partial charge in [-0.2, -0.15) is 5.10 Å². The van der Waals surface area contributed by atoms with Crippen LogP contribution in [0.25, 0.3) is 11.1 Å². The summed E-state index contributed by atoms with van der Waals surface area (Å²) < 4.78 is 11.6. The van der Waals surface area contributed by atoms with Gasteiger partial charge in [0.05, 0.1) is 12.8 Å². The van der Waals surface area contributed by atoms with Crippen molar-refractivity contribution in [2.75, 3.05) is 6.61 Å². The zero-order chi connectivity index (χ0) is 25.2. The zero-order valence-electron chi connectivity index (χ0n) is 20.1. The number of carbonyl (C=O) groups is 1. The molecule has 0 fully saturated rings. The van der Waals surface area contributed by atoms with Crippen molar-refractivity contribution >= 4 is 12.1 Å². The number of hydrogen-bond donors (Lipinski definition) is 2. The van der Waals surface area contributed by atoms with Crippen LogP contribution >= 0.6 is 0 Å². The molecule has 0 radical (unpaired) electrons. The topological polar surface area (TPSA) is 80.2 Å².